The molecular formula is C24H29N3O4. The highest BCUT2D eigenvalue weighted by atomic mass is 16.5. The van der Waals surface area contributed by atoms with Gasteiger partial charge in [-0.2, -0.15) is 0 Å². The quantitative estimate of drug-likeness (QED) is 0.774. The van der Waals surface area contributed by atoms with Crippen LogP contribution >= 0.6 is 0 Å². The van der Waals surface area contributed by atoms with Crippen molar-refractivity contribution >= 4 is 34.2 Å². The Bertz CT molecular complexity index is 1000. The van der Waals surface area contributed by atoms with Crippen LogP contribution in [0.3, 0.4) is 0 Å². The number of fused-ring (bicyclic) bond motifs is 2. The zero-order chi connectivity index (χ0) is 22.1. The monoisotopic (exact) mass is 423 g/mol. The molecule has 2 aliphatic heterocycles. The normalized spacial score (nSPS) is 26.4. The zero-order valence-electron chi connectivity index (χ0n) is 18.1. The molecule has 2 aliphatic rings. The summed E-state index contributed by atoms with van der Waals surface area (Å²) >= 11 is 0. The van der Waals surface area contributed by atoms with Crippen molar-refractivity contribution in [2.75, 3.05) is 5.32 Å². The van der Waals surface area contributed by atoms with E-state index in [0.717, 1.165) is 10.8 Å². The summed E-state index contributed by atoms with van der Waals surface area (Å²) in [7, 11) is 0. The maximum atomic E-state index is 13.3. The molecule has 31 heavy (non-hydrogen) atoms. The molecule has 5 atom stereocenters. The van der Waals surface area contributed by atoms with Gasteiger partial charge in [-0.25, -0.2) is 0 Å². The molecule has 0 aliphatic carbocycles. The first-order valence-electron chi connectivity index (χ1n) is 11.0. The van der Waals surface area contributed by atoms with Crippen molar-refractivity contribution < 1.29 is 19.1 Å². The van der Waals surface area contributed by atoms with Gasteiger partial charge in [0.15, 0.2) is 0 Å². The molecule has 2 fully saturated rings. The van der Waals surface area contributed by atoms with Crippen LogP contribution in [0.25, 0.3) is 10.8 Å². The van der Waals surface area contributed by atoms with Gasteiger partial charge in [0.1, 0.15) is 18.3 Å². The van der Waals surface area contributed by atoms with Gasteiger partial charge in [-0.15, -0.1) is 0 Å². The largest absolute Gasteiger partial charge is 0.353 e. The fraction of sp³-hybridized carbons (Fsp3) is 0.458. The highest BCUT2D eigenvalue weighted by molar-refractivity contribution is 6.05. The summed E-state index contributed by atoms with van der Waals surface area (Å²) < 4.78 is 6.02. The highest BCUT2D eigenvalue weighted by Crippen LogP contribution is 2.33. The molecule has 3 amide bonds. The maximum Gasteiger partial charge on any atom is 0.250 e. The van der Waals surface area contributed by atoms with E-state index < -0.39 is 24.4 Å². The summed E-state index contributed by atoms with van der Waals surface area (Å²) in [6.45, 7) is 5.55. The van der Waals surface area contributed by atoms with Crippen molar-refractivity contribution in [2.24, 2.45) is 5.92 Å². The molecule has 2 unspecified atom stereocenters. The molecule has 164 valence electrons. The third-order valence-corrected chi connectivity index (χ3v) is 6.40. The SMILES string of the molecule is CC[C@@H](C)C(=O)NC1C(=O)N2C(C(=O)Nc3cccc4ccccc34)CC[C@@H]2O[C@@H]1C. The molecule has 2 heterocycles. The fourth-order valence-corrected chi connectivity index (χ4v) is 4.36. The molecule has 0 saturated carbocycles. The predicted octanol–water partition coefficient (Wildman–Crippen LogP) is 3.05. The van der Waals surface area contributed by atoms with Gasteiger partial charge in [0.25, 0.3) is 5.91 Å². The van der Waals surface area contributed by atoms with Gasteiger partial charge >= 0.3 is 0 Å². The van der Waals surface area contributed by atoms with Crippen LogP contribution in [-0.2, 0) is 19.1 Å². The van der Waals surface area contributed by atoms with Crippen molar-refractivity contribution in [3.05, 3.63) is 42.5 Å². The number of benzene rings is 2. The summed E-state index contributed by atoms with van der Waals surface area (Å²) in [6.07, 6.45) is 0.912. The first kappa shape index (κ1) is 21.3. The first-order valence-corrected chi connectivity index (χ1v) is 11.0. The average Bonchev–Trinajstić information content (AvgIpc) is 3.20. The number of nitrogens with one attached hydrogen (secondary N) is 2. The van der Waals surface area contributed by atoms with Crippen molar-refractivity contribution in [3.63, 3.8) is 0 Å². The number of carbonyl (C=O) groups excluding carboxylic acids is 3. The van der Waals surface area contributed by atoms with E-state index in [1.807, 2.05) is 56.3 Å². The maximum absolute atomic E-state index is 13.3. The zero-order valence-corrected chi connectivity index (χ0v) is 18.1. The highest BCUT2D eigenvalue weighted by Gasteiger charge is 2.50. The number of anilines is 1. The Kier molecular flexibility index (Phi) is 5.96. The molecule has 0 aromatic heterocycles. The number of hydrogen-bond acceptors (Lipinski definition) is 4. The standard InChI is InChI=1S/C24H29N3O4/c1-4-14(2)22(28)26-21-15(3)31-20-13-12-19(27(20)24(21)30)23(29)25-18-11-7-9-16-8-5-6-10-17(16)18/h5-11,14-15,19-21H,4,12-13H2,1-3H3,(H,25,29)(H,26,28)/t14-,15-,19?,20+,21?/m1/s1. The number of hydrogen-bond donors (Lipinski definition) is 2. The topological polar surface area (TPSA) is 87.7 Å². The van der Waals surface area contributed by atoms with Gasteiger partial charge in [-0.1, -0.05) is 50.2 Å². The van der Waals surface area contributed by atoms with Crippen LogP contribution in [0.5, 0.6) is 0 Å². The van der Waals surface area contributed by atoms with Gasteiger partial charge in [0, 0.05) is 17.0 Å². The lowest BCUT2D eigenvalue weighted by molar-refractivity contribution is -0.178. The van der Waals surface area contributed by atoms with E-state index in [-0.39, 0.29) is 23.6 Å². The Hall–Kier alpha value is -2.93. The lowest BCUT2D eigenvalue weighted by Gasteiger charge is -2.41. The Morgan fingerprint density at radius 2 is 1.90 bits per heavy atom. The van der Waals surface area contributed by atoms with Crippen LogP contribution < -0.4 is 10.6 Å². The predicted molar refractivity (Wildman–Crippen MR) is 118 cm³/mol. The summed E-state index contributed by atoms with van der Waals surface area (Å²) in [5, 5.41) is 7.80. The number of nitrogens with zero attached hydrogens (tertiary/aromatic N) is 1. The van der Waals surface area contributed by atoms with Gasteiger partial charge < -0.3 is 20.3 Å². The molecule has 7 heteroatoms. The van der Waals surface area contributed by atoms with Crippen molar-refractivity contribution in [1.29, 1.82) is 0 Å². The van der Waals surface area contributed by atoms with Crippen LogP contribution in [0.15, 0.2) is 42.5 Å². The summed E-state index contributed by atoms with van der Waals surface area (Å²) in [6, 6.07) is 12.2. The lowest BCUT2D eigenvalue weighted by atomic mass is 10.0. The molecule has 0 bridgehead atoms. The van der Waals surface area contributed by atoms with Crippen LogP contribution in [0.2, 0.25) is 0 Å². The van der Waals surface area contributed by atoms with Gasteiger partial charge in [-0.05, 0) is 37.6 Å². The van der Waals surface area contributed by atoms with Crippen LogP contribution in [-0.4, -0.2) is 47.0 Å². The molecular weight excluding hydrogens is 394 g/mol. The first-order chi connectivity index (χ1) is 14.9. The van der Waals surface area contributed by atoms with Crippen LogP contribution in [0.4, 0.5) is 5.69 Å². The Balaban J connectivity index is 1.52. The van der Waals surface area contributed by atoms with Gasteiger partial charge in [-0.3, -0.25) is 14.4 Å². The van der Waals surface area contributed by atoms with E-state index in [9.17, 15) is 14.4 Å². The smallest absolute Gasteiger partial charge is 0.250 e. The molecule has 2 aromatic rings. The molecule has 7 nitrogen and oxygen atoms in total. The number of ether oxygens (including phenoxy) is 1. The van der Waals surface area contributed by atoms with Gasteiger partial charge in [0.05, 0.1) is 6.10 Å². The number of amides is 3. The van der Waals surface area contributed by atoms with E-state index in [0.29, 0.717) is 24.9 Å². The van der Waals surface area contributed by atoms with Crippen molar-refractivity contribution in [1.82, 2.24) is 10.2 Å². The Morgan fingerprint density at radius 1 is 1.16 bits per heavy atom. The minimum absolute atomic E-state index is 0.175. The Labute approximate surface area is 182 Å². The molecule has 2 N–H and O–H groups in total. The average molecular weight is 424 g/mol. The lowest BCUT2D eigenvalue weighted by Crippen LogP contribution is -2.64. The molecule has 2 aromatic carbocycles. The Morgan fingerprint density at radius 3 is 2.68 bits per heavy atom. The third-order valence-electron chi connectivity index (χ3n) is 6.40. The summed E-state index contributed by atoms with van der Waals surface area (Å²) in [5.41, 5.74) is 0.715. The third kappa shape index (κ3) is 4.02. The second-order valence-electron chi connectivity index (χ2n) is 8.45. The van der Waals surface area contributed by atoms with Gasteiger partial charge in [0.2, 0.25) is 11.8 Å². The molecule has 0 radical (unpaired) electrons. The van der Waals surface area contributed by atoms with E-state index in [4.69, 9.17) is 4.74 Å². The van der Waals surface area contributed by atoms with Crippen molar-refractivity contribution in [2.45, 2.75) is 64.4 Å². The van der Waals surface area contributed by atoms with E-state index in [1.165, 1.54) is 4.90 Å². The molecule has 4 rings (SSSR count). The minimum atomic E-state index is -0.788. The van der Waals surface area contributed by atoms with E-state index in [2.05, 4.69) is 10.6 Å². The molecule has 0 spiro atoms. The second-order valence-corrected chi connectivity index (χ2v) is 8.45. The van der Waals surface area contributed by atoms with E-state index in [1.54, 1.807) is 6.92 Å². The van der Waals surface area contributed by atoms with Crippen molar-refractivity contribution in [3.8, 4) is 0 Å². The number of rotatable bonds is 5. The summed E-state index contributed by atoms with van der Waals surface area (Å²) in [5.74, 6) is -0.860. The fourth-order valence-electron chi connectivity index (χ4n) is 4.36. The minimum Gasteiger partial charge on any atom is -0.353 e. The van der Waals surface area contributed by atoms with Crippen LogP contribution in [0.1, 0.15) is 40.0 Å². The summed E-state index contributed by atoms with van der Waals surface area (Å²) in [4.78, 5) is 40.4. The second kappa shape index (κ2) is 8.67. The van der Waals surface area contributed by atoms with E-state index >= 15 is 0 Å². The number of carbonyl (C=O) groups is 3. The van der Waals surface area contributed by atoms with Crippen LogP contribution in [0, 0.1) is 5.92 Å². The molecule has 2 saturated heterocycles.